The topological polar surface area (TPSA) is 108 Å². The van der Waals surface area contributed by atoms with Crippen molar-refractivity contribution in [2.45, 2.75) is 13.8 Å². The lowest BCUT2D eigenvalue weighted by molar-refractivity contribution is -0.114. The standard InChI is InChI=1S/C20H26N6O3/c1-14-12-18(19(28)24-17-5-3-4-16(13-17)23-15(2)27)25-20(22-14)21-6-7-26-8-10-29-11-9-26/h3-5,12-13H,6-11H2,1-2H3,(H,23,27)(H,24,28)(H,21,22,25). The third kappa shape index (κ3) is 6.51. The number of rotatable bonds is 7. The molecule has 0 atom stereocenters. The molecule has 29 heavy (non-hydrogen) atoms. The number of benzene rings is 1. The van der Waals surface area contributed by atoms with Crippen LogP contribution in [0.25, 0.3) is 0 Å². The third-order valence-corrected chi connectivity index (χ3v) is 4.34. The highest BCUT2D eigenvalue weighted by molar-refractivity contribution is 6.03. The SMILES string of the molecule is CC(=O)Nc1cccc(NC(=O)c2cc(C)nc(NCCN3CCOCC3)n2)c1. The van der Waals surface area contributed by atoms with Crippen LogP contribution in [0.5, 0.6) is 0 Å². The molecule has 0 spiro atoms. The number of aryl methyl sites for hydroxylation is 1. The first-order chi connectivity index (χ1) is 14.0. The van der Waals surface area contributed by atoms with Gasteiger partial charge in [0.05, 0.1) is 13.2 Å². The molecule has 1 aromatic carbocycles. The summed E-state index contributed by atoms with van der Waals surface area (Å²) in [7, 11) is 0. The minimum Gasteiger partial charge on any atom is -0.379 e. The molecule has 1 aliphatic rings. The summed E-state index contributed by atoms with van der Waals surface area (Å²) in [6.45, 7) is 8.15. The maximum absolute atomic E-state index is 12.6. The van der Waals surface area contributed by atoms with Gasteiger partial charge in [0.1, 0.15) is 5.69 Å². The van der Waals surface area contributed by atoms with Crippen LogP contribution in [0.15, 0.2) is 30.3 Å². The van der Waals surface area contributed by atoms with Gasteiger partial charge in [0, 0.05) is 50.2 Å². The van der Waals surface area contributed by atoms with E-state index in [9.17, 15) is 9.59 Å². The second kappa shape index (κ2) is 9.94. The summed E-state index contributed by atoms with van der Waals surface area (Å²) in [5, 5.41) is 8.68. The quantitative estimate of drug-likeness (QED) is 0.652. The number of anilines is 3. The van der Waals surface area contributed by atoms with Crippen LogP contribution in [0.3, 0.4) is 0 Å². The van der Waals surface area contributed by atoms with Crippen LogP contribution in [0.1, 0.15) is 23.1 Å². The van der Waals surface area contributed by atoms with Crippen molar-refractivity contribution < 1.29 is 14.3 Å². The molecule has 2 amide bonds. The largest absolute Gasteiger partial charge is 0.379 e. The number of amides is 2. The van der Waals surface area contributed by atoms with Crippen molar-refractivity contribution in [3.63, 3.8) is 0 Å². The normalized spacial score (nSPS) is 14.3. The van der Waals surface area contributed by atoms with Crippen molar-refractivity contribution in [1.29, 1.82) is 0 Å². The summed E-state index contributed by atoms with van der Waals surface area (Å²) in [5.74, 6) is -0.0881. The van der Waals surface area contributed by atoms with Crippen LogP contribution in [0.4, 0.5) is 17.3 Å². The maximum Gasteiger partial charge on any atom is 0.274 e. The fourth-order valence-electron chi connectivity index (χ4n) is 2.99. The lowest BCUT2D eigenvalue weighted by Gasteiger charge is -2.26. The van der Waals surface area contributed by atoms with Crippen molar-refractivity contribution in [1.82, 2.24) is 14.9 Å². The second-order valence-corrected chi connectivity index (χ2v) is 6.82. The highest BCUT2D eigenvalue weighted by Gasteiger charge is 2.13. The molecule has 2 heterocycles. The van der Waals surface area contributed by atoms with Gasteiger partial charge in [-0.3, -0.25) is 14.5 Å². The molecule has 3 N–H and O–H groups in total. The minimum atomic E-state index is -0.341. The fourth-order valence-corrected chi connectivity index (χ4v) is 2.99. The Hall–Kier alpha value is -3.04. The number of hydrogen-bond donors (Lipinski definition) is 3. The van der Waals surface area contributed by atoms with Crippen LogP contribution in [0.2, 0.25) is 0 Å². The number of nitrogens with zero attached hydrogens (tertiary/aromatic N) is 3. The first kappa shape index (κ1) is 20.7. The molecule has 0 saturated carbocycles. The average Bonchev–Trinajstić information content (AvgIpc) is 2.68. The van der Waals surface area contributed by atoms with Crippen molar-refractivity contribution in [2.75, 3.05) is 55.3 Å². The Morgan fingerprint density at radius 3 is 2.55 bits per heavy atom. The Bertz CT molecular complexity index is 867. The van der Waals surface area contributed by atoms with E-state index in [0.29, 0.717) is 29.6 Å². The lowest BCUT2D eigenvalue weighted by atomic mass is 10.2. The van der Waals surface area contributed by atoms with Gasteiger partial charge in [0.25, 0.3) is 5.91 Å². The van der Waals surface area contributed by atoms with Crippen molar-refractivity contribution >= 4 is 29.1 Å². The minimum absolute atomic E-state index is 0.173. The van der Waals surface area contributed by atoms with E-state index in [0.717, 1.165) is 32.8 Å². The first-order valence-corrected chi connectivity index (χ1v) is 9.58. The van der Waals surface area contributed by atoms with E-state index in [-0.39, 0.29) is 17.5 Å². The van der Waals surface area contributed by atoms with Gasteiger partial charge in [-0.15, -0.1) is 0 Å². The van der Waals surface area contributed by atoms with Gasteiger partial charge in [-0.25, -0.2) is 9.97 Å². The molecule has 0 aliphatic carbocycles. The molecule has 1 saturated heterocycles. The molecule has 1 aromatic heterocycles. The smallest absolute Gasteiger partial charge is 0.274 e. The van der Waals surface area contributed by atoms with E-state index in [1.165, 1.54) is 6.92 Å². The summed E-state index contributed by atoms with van der Waals surface area (Å²) in [5.41, 5.74) is 2.15. The van der Waals surface area contributed by atoms with Gasteiger partial charge >= 0.3 is 0 Å². The van der Waals surface area contributed by atoms with Gasteiger partial charge in [-0.2, -0.15) is 0 Å². The molecule has 1 fully saturated rings. The highest BCUT2D eigenvalue weighted by Crippen LogP contribution is 2.16. The lowest BCUT2D eigenvalue weighted by Crippen LogP contribution is -2.39. The first-order valence-electron chi connectivity index (χ1n) is 9.58. The summed E-state index contributed by atoms with van der Waals surface area (Å²) >= 11 is 0. The zero-order valence-electron chi connectivity index (χ0n) is 16.7. The van der Waals surface area contributed by atoms with Gasteiger partial charge < -0.3 is 20.7 Å². The predicted molar refractivity (Wildman–Crippen MR) is 111 cm³/mol. The third-order valence-electron chi connectivity index (χ3n) is 4.34. The summed E-state index contributed by atoms with van der Waals surface area (Å²) < 4.78 is 5.35. The Kier molecular flexibility index (Phi) is 7.09. The zero-order valence-corrected chi connectivity index (χ0v) is 16.7. The number of ether oxygens (including phenoxy) is 1. The van der Waals surface area contributed by atoms with Crippen LogP contribution in [-0.2, 0) is 9.53 Å². The molecule has 0 bridgehead atoms. The van der Waals surface area contributed by atoms with Crippen LogP contribution >= 0.6 is 0 Å². The van der Waals surface area contributed by atoms with Gasteiger partial charge in [-0.05, 0) is 31.2 Å². The molecule has 1 aliphatic heterocycles. The average molecular weight is 398 g/mol. The maximum atomic E-state index is 12.6. The number of morpholine rings is 1. The van der Waals surface area contributed by atoms with Gasteiger partial charge in [-0.1, -0.05) is 6.07 Å². The van der Waals surface area contributed by atoms with Crippen LogP contribution in [0, 0.1) is 6.92 Å². The van der Waals surface area contributed by atoms with E-state index in [1.54, 1.807) is 30.3 Å². The molecule has 0 unspecified atom stereocenters. The molecular weight excluding hydrogens is 372 g/mol. The van der Waals surface area contributed by atoms with Crippen LogP contribution < -0.4 is 16.0 Å². The number of aromatic nitrogens is 2. The Morgan fingerprint density at radius 1 is 1.10 bits per heavy atom. The number of carbonyl (C=O) groups excluding carboxylic acids is 2. The van der Waals surface area contributed by atoms with E-state index in [4.69, 9.17) is 4.74 Å². The predicted octanol–water partition coefficient (Wildman–Crippen LogP) is 1.74. The Morgan fingerprint density at radius 2 is 1.83 bits per heavy atom. The monoisotopic (exact) mass is 398 g/mol. The van der Waals surface area contributed by atoms with Crippen molar-refractivity contribution in [2.24, 2.45) is 0 Å². The van der Waals surface area contributed by atoms with Gasteiger partial charge in [0.15, 0.2) is 0 Å². The second-order valence-electron chi connectivity index (χ2n) is 6.82. The van der Waals surface area contributed by atoms with E-state index >= 15 is 0 Å². The van der Waals surface area contributed by atoms with E-state index < -0.39 is 0 Å². The number of hydrogen-bond acceptors (Lipinski definition) is 7. The van der Waals surface area contributed by atoms with Gasteiger partial charge in [0.2, 0.25) is 11.9 Å². The fraction of sp³-hybridized carbons (Fsp3) is 0.400. The summed E-state index contributed by atoms with van der Waals surface area (Å²) in [6.07, 6.45) is 0. The van der Waals surface area contributed by atoms with Crippen molar-refractivity contribution in [3.05, 3.63) is 41.7 Å². The van der Waals surface area contributed by atoms with Crippen LogP contribution in [-0.4, -0.2) is 66.1 Å². The summed E-state index contributed by atoms with van der Waals surface area (Å²) in [6, 6.07) is 8.58. The molecular formula is C20H26N6O3. The van der Waals surface area contributed by atoms with E-state index in [2.05, 4.69) is 30.8 Å². The number of nitrogens with one attached hydrogen (secondary N) is 3. The number of carbonyl (C=O) groups is 2. The zero-order chi connectivity index (χ0) is 20.6. The Balaban J connectivity index is 1.60. The Labute approximate surface area is 169 Å². The molecule has 3 rings (SSSR count). The van der Waals surface area contributed by atoms with Crippen molar-refractivity contribution in [3.8, 4) is 0 Å². The molecule has 0 radical (unpaired) electrons. The highest BCUT2D eigenvalue weighted by atomic mass is 16.5. The molecule has 9 heteroatoms. The molecule has 9 nitrogen and oxygen atoms in total. The summed E-state index contributed by atoms with van der Waals surface area (Å²) in [4.78, 5) is 34.8. The molecule has 2 aromatic rings. The van der Waals surface area contributed by atoms with E-state index in [1.807, 2.05) is 6.92 Å². The molecule has 154 valence electrons.